The van der Waals surface area contributed by atoms with Gasteiger partial charge >= 0.3 is 12.0 Å². The van der Waals surface area contributed by atoms with E-state index in [2.05, 4.69) is 65.2 Å². The van der Waals surface area contributed by atoms with Gasteiger partial charge in [0.2, 0.25) is 5.91 Å². The minimum absolute atomic E-state index is 0.0851. The van der Waals surface area contributed by atoms with Crippen LogP contribution in [0.2, 0.25) is 0 Å². The molecule has 338 valence electrons. The van der Waals surface area contributed by atoms with Crippen molar-refractivity contribution >= 4 is 46.1 Å². The number of urea groups is 1. The van der Waals surface area contributed by atoms with E-state index in [1.54, 1.807) is 11.9 Å². The van der Waals surface area contributed by atoms with Crippen molar-refractivity contribution in [3.63, 3.8) is 0 Å². The van der Waals surface area contributed by atoms with Crippen LogP contribution in [0.4, 0.5) is 4.79 Å². The Labute approximate surface area is 374 Å². The van der Waals surface area contributed by atoms with Crippen molar-refractivity contribution in [2.45, 2.75) is 110 Å². The molecule has 0 aliphatic carbocycles. The van der Waals surface area contributed by atoms with Crippen molar-refractivity contribution < 1.29 is 28.7 Å². The number of thiazole rings is 1. The maximum atomic E-state index is 14.6. The highest BCUT2D eigenvalue weighted by molar-refractivity contribution is 7.10. The average Bonchev–Trinajstić information content (AvgIpc) is 4.01. The van der Waals surface area contributed by atoms with Crippen LogP contribution in [0.15, 0.2) is 41.9 Å². The molecule has 8 rings (SSSR count). The monoisotopic (exact) mass is 881 g/mol. The topological polar surface area (TPSA) is 154 Å². The van der Waals surface area contributed by atoms with E-state index in [0.29, 0.717) is 50.5 Å². The minimum Gasteiger partial charge on any atom is -0.464 e. The SMILES string of the molecule is CCn1c(-c2cccnc2[C@@H]2CCCO2)c2c3cc(ccc31)-c1csc(n1)C[C@H](NC(=O)C(C(C)C)N(C)C(=O)N1CC(N(C)C)C1)C(=O)N1CCC[C@H](N1)C(=O)OCC(C)(C)C2. The number of benzene rings is 1. The lowest BCUT2D eigenvalue weighted by Crippen LogP contribution is -2.65. The maximum absolute atomic E-state index is 14.6. The molecule has 4 atom stereocenters. The molecular formula is C47H63N9O6S. The first-order valence-corrected chi connectivity index (χ1v) is 23.4. The van der Waals surface area contributed by atoms with Crippen LogP contribution in [-0.4, -0.2) is 136 Å². The van der Waals surface area contributed by atoms with Crippen LogP contribution in [0.25, 0.3) is 33.4 Å². The summed E-state index contributed by atoms with van der Waals surface area (Å²) in [5.74, 6) is -1.49. The van der Waals surface area contributed by atoms with Crippen LogP contribution in [0.1, 0.15) is 82.7 Å². The number of hydrogen-bond donors (Lipinski definition) is 2. The molecule has 15 nitrogen and oxygen atoms in total. The van der Waals surface area contributed by atoms with Gasteiger partial charge in [-0.2, -0.15) is 0 Å². The Bertz CT molecular complexity index is 2350. The first-order valence-electron chi connectivity index (χ1n) is 22.5. The molecule has 1 aromatic carbocycles. The summed E-state index contributed by atoms with van der Waals surface area (Å²) in [6.45, 7) is 13.3. The van der Waals surface area contributed by atoms with E-state index in [-0.39, 0.29) is 43.0 Å². The number of fused-ring (bicyclic) bond motifs is 6. The number of aromatic nitrogens is 3. The summed E-state index contributed by atoms with van der Waals surface area (Å²) in [7, 11) is 5.63. The molecule has 7 heterocycles. The fourth-order valence-corrected chi connectivity index (χ4v) is 10.5. The van der Waals surface area contributed by atoms with Crippen molar-refractivity contribution in [3.8, 4) is 22.5 Å². The van der Waals surface area contributed by atoms with Gasteiger partial charge in [-0.25, -0.2) is 15.2 Å². The number of pyridine rings is 1. The average molecular weight is 882 g/mol. The van der Waals surface area contributed by atoms with Crippen LogP contribution < -0.4 is 10.7 Å². The molecular weight excluding hydrogens is 819 g/mol. The molecule has 4 aromatic rings. The van der Waals surface area contributed by atoms with Gasteiger partial charge in [0, 0.05) is 91.3 Å². The number of likely N-dealkylation sites (N-methyl/N-ethyl adjacent to an activating group) is 2. The lowest BCUT2D eigenvalue weighted by Gasteiger charge is -2.45. The molecule has 2 N–H and O–H groups in total. The quantitative estimate of drug-likeness (QED) is 0.212. The zero-order valence-electron chi connectivity index (χ0n) is 38.0. The lowest BCUT2D eigenvalue weighted by atomic mass is 9.84. The molecule has 4 amide bonds. The summed E-state index contributed by atoms with van der Waals surface area (Å²) in [5.41, 5.74) is 9.68. The first kappa shape index (κ1) is 44.7. The number of carbonyl (C=O) groups is 4. The number of aryl methyl sites for hydroxylation is 1. The number of ether oxygens (including phenoxy) is 2. The number of likely N-dealkylation sites (tertiary alicyclic amines) is 1. The van der Waals surface area contributed by atoms with Gasteiger partial charge in [-0.15, -0.1) is 11.3 Å². The van der Waals surface area contributed by atoms with Crippen molar-refractivity contribution in [1.29, 1.82) is 0 Å². The summed E-state index contributed by atoms with van der Waals surface area (Å²) in [5, 5.41) is 8.26. The molecule has 3 aromatic heterocycles. The number of carbonyl (C=O) groups excluding carboxylic acids is 4. The largest absolute Gasteiger partial charge is 0.464 e. The zero-order chi connectivity index (χ0) is 44.7. The Morgan fingerprint density at radius 1 is 1.10 bits per heavy atom. The number of amides is 4. The third-order valence-electron chi connectivity index (χ3n) is 13.1. The smallest absolute Gasteiger partial charge is 0.324 e. The van der Waals surface area contributed by atoms with Crippen LogP contribution in [0.5, 0.6) is 0 Å². The van der Waals surface area contributed by atoms with E-state index in [1.165, 1.54) is 21.2 Å². The van der Waals surface area contributed by atoms with Gasteiger partial charge in [-0.3, -0.25) is 24.4 Å². The summed E-state index contributed by atoms with van der Waals surface area (Å²) in [6, 6.07) is 8.02. The summed E-state index contributed by atoms with van der Waals surface area (Å²) in [6.07, 6.45) is 5.45. The van der Waals surface area contributed by atoms with Gasteiger partial charge in [0.25, 0.3) is 5.91 Å². The van der Waals surface area contributed by atoms with E-state index >= 15 is 0 Å². The Balaban J connectivity index is 1.17. The standard InChI is InChI=1S/C47H63N9O6S/c1-9-55-37-17-16-29-21-32(37)33(42(55)31-13-10-18-48-40(31)38-15-12-20-61-38)23-47(4,5)27-62-45(59)34-14-11-19-56(51-34)44(58)35(22-39-49-36(29)26-63-39)50-43(57)41(28(2)3)53(8)46(60)54-24-30(25-54)52(6)7/h10,13,16-18,21,26,28,30,34-35,38,41,51H,9,11-12,14-15,19-20,22-25,27H2,1-8H3,(H,50,57)/t34-,35-,38-,41?/m0/s1. The van der Waals surface area contributed by atoms with Crippen LogP contribution in [0.3, 0.4) is 0 Å². The zero-order valence-corrected chi connectivity index (χ0v) is 38.8. The van der Waals surface area contributed by atoms with E-state index in [1.807, 2.05) is 45.6 Å². The van der Waals surface area contributed by atoms with Crippen molar-refractivity contribution in [2.24, 2.45) is 11.3 Å². The number of hydrogen-bond acceptors (Lipinski definition) is 11. The number of hydrazine groups is 1. The first-order chi connectivity index (χ1) is 30.1. The van der Waals surface area contributed by atoms with Gasteiger partial charge < -0.3 is 34.1 Å². The molecule has 6 bridgehead atoms. The molecule has 0 radical (unpaired) electrons. The van der Waals surface area contributed by atoms with Gasteiger partial charge in [0.1, 0.15) is 24.2 Å². The van der Waals surface area contributed by atoms with Crippen molar-refractivity contribution in [2.75, 3.05) is 54.0 Å². The normalized spacial score (nSPS) is 22.5. The number of cyclic esters (lactones) is 1. The van der Waals surface area contributed by atoms with E-state index in [9.17, 15) is 19.2 Å². The maximum Gasteiger partial charge on any atom is 0.324 e. The Morgan fingerprint density at radius 2 is 1.89 bits per heavy atom. The molecule has 16 heteroatoms. The second kappa shape index (κ2) is 18.3. The minimum atomic E-state index is -1.03. The van der Waals surface area contributed by atoms with Gasteiger partial charge in [-0.1, -0.05) is 33.8 Å². The number of esters is 1. The highest BCUT2D eigenvalue weighted by Gasteiger charge is 2.41. The summed E-state index contributed by atoms with van der Waals surface area (Å²) < 4.78 is 14.7. The number of nitrogens with zero attached hydrogens (tertiary/aromatic N) is 7. The molecule has 0 saturated carbocycles. The molecule has 63 heavy (non-hydrogen) atoms. The van der Waals surface area contributed by atoms with Gasteiger partial charge in [0.05, 0.1) is 28.7 Å². The molecule has 0 spiro atoms. The second-order valence-corrected chi connectivity index (χ2v) is 19.9. The lowest BCUT2D eigenvalue weighted by molar-refractivity contribution is -0.155. The molecule has 4 aliphatic rings. The fourth-order valence-electron chi connectivity index (χ4n) is 9.64. The van der Waals surface area contributed by atoms with Crippen molar-refractivity contribution in [1.82, 2.24) is 45.0 Å². The number of nitrogens with one attached hydrogen (secondary N) is 2. The van der Waals surface area contributed by atoms with E-state index in [4.69, 9.17) is 19.4 Å². The molecule has 3 fully saturated rings. The van der Waals surface area contributed by atoms with Crippen LogP contribution in [0, 0.1) is 11.3 Å². The van der Waals surface area contributed by atoms with Crippen LogP contribution >= 0.6 is 11.3 Å². The third-order valence-corrected chi connectivity index (χ3v) is 14.0. The Morgan fingerprint density at radius 3 is 2.60 bits per heavy atom. The highest BCUT2D eigenvalue weighted by atomic mass is 32.1. The summed E-state index contributed by atoms with van der Waals surface area (Å²) in [4.78, 5) is 71.8. The van der Waals surface area contributed by atoms with Crippen LogP contribution in [-0.2, 0) is 43.2 Å². The molecule has 3 saturated heterocycles. The van der Waals surface area contributed by atoms with E-state index in [0.717, 1.165) is 64.1 Å². The van der Waals surface area contributed by atoms with E-state index < -0.39 is 35.4 Å². The molecule has 4 aliphatic heterocycles. The van der Waals surface area contributed by atoms with Gasteiger partial charge in [-0.05, 0) is 88.9 Å². The Kier molecular flexibility index (Phi) is 13.0. The van der Waals surface area contributed by atoms with Gasteiger partial charge in [0.15, 0.2) is 0 Å². The number of rotatable bonds is 8. The predicted molar refractivity (Wildman–Crippen MR) is 243 cm³/mol. The fraction of sp³-hybridized carbons (Fsp3) is 0.574. The van der Waals surface area contributed by atoms with Crippen molar-refractivity contribution in [3.05, 3.63) is 58.2 Å². The summed E-state index contributed by atoms with van der Waals surface area (Å²) >= 11 is 1.44. The molecule has 1 unspecified atom stereocenters. The predicted octanol–water partition coefficient (Wildman–Crippen LogP) is 5.67. The highest BCUT2D eigenvalue weighted by Crippen LogP contribution is 2.43. The third kappa shape index (κ3) is 9.09. The Hall–Kier alpha value is -4.90. The second-order valence-electron chi connectivity index (χ2n) is 19.0.